The standard InChI is InChI=1S/C24H31N5O2/c1-4-30-22-12-11-19(15-23(22)31-5-2)13-14-26-24(25-3)27-16-20-17-28-29(18-20)21-9-7-6-8-10-21/h6-12,15,17-18H,4-5,13-14,16H2,1-3H3,(H2,25,26,27). The van der Waals surface area contributed by atoms with Gasteiger partial charge in [-0.3, -0.25) is 4.99 Å². The number of para-hydroxylation sites is 1. The Morgan fingerprint density at radius 2 is 1.74 bits per heavy atom. The van der Waals surface area contributed by atoms with Crippen molar-refractivity contribution >= 4 is 5.96 Å². The molecular weight excluding hydrogens is 390 g/mol. The molecular formula is C24H31N5O2. The van der Waals surface area contributed by atoms with Gasteiger partial charge in [0.15, 0.2) is 17.5 Å². The van der Waals surface area contributed by atoms with Gasteiger partial charge in [-0.15, -0.1) is 0 Å². The van der Waals surface area contributed by atoms with Gasteiger partial charge in [0.25, 0.3) is 0 Å². The predicted octanol–water partition coefficient (Wildman–Crippen LogP) is 3.58. The van der Waals surface area contributed by atoms with Gasteiger partial charge in [0.05, 0.1) is 25.1 Å². The molecule has 7 heteroatoms. The SMILES string of the molecule is CCOc1ccc(CCNC(=NC)NCc2cnn(-c3ccccc3)c2)cc1OCC. The number of hydrogen-bond donors (Lipinski definition) is 2. The van der Waals surface area contributed by atoms with E-state index in [4.69, 9.17) is 9.47 Å². The normalized spacial score (nSPS) is 11.3. The van der Waals surface area contributed by atoms with Crippen molar-refractivity contribution in [1.82, 2.24) is 20.4 Å². The Balaban J connectivity index is 1.49. The second kappa shape index (κ2) is 11.6. The molecule has 3 aromatic rings. The first-order valence-electron chi connectivity index (χ1n) is 10.7. The molecule has 7 nitrogen and oxygen atoms in total. The highest BCUT2D eigenvalue weighted by Gasteiger charge is 2.07. The largest absolute Gasteiger partial charge is 0.490 e. The molecule has 164 valence electrons. The van der Waals surface area contributed by atoms with E-state index in [2.05, 4.69) is 26.8 Å². The summed E-state index contributed by atoms with van der Waals surface area (Å²) in [6.45, 7) is 6.57. The Morgan fingerprint density at radius 1 is 0.968 bits per heavy atom. The van der Waals surface area contributed by atoms with E-state index in [0.29, 0.717) is 19.8 Å². The Morgan fingerprint density at radius 3 is 2.48 bits per heavy atom. The highest BCUT2D eigenvalue weighted by molar-refractivity contribution is 5.79. The van der Waals surface area contributed by atoms with Crippen LogP contribution < -0.4 is 20.1 Å². The highest BCUT2D eigenvalue weighted by Crippen LogP contribution is 2.28. The summed E-state index contributed by atoms with van der Waals surface area (Å²) in [5.74, 6) is 2.33. The zero-order valence-electron chi connectivity index (χ0n) is 18.5. The van der Waals surface area contributed by atoms with Crippen LogP contribution in [0.1, 0.15) is 25.0 Å². The van der Waals surface area contributed by atoms with Crippen LogP contribution in [-0.2, 0) is 13.0 Å². The number of guanidine groups is 1. The summed E-state index contributed by atoms with van der Waals surface area (Å²) < 4.78 is 13.2. The third kappa shape index (κ3) is 6.50. The Hall–Kier alpha value is -3.48. The Labute approximate surface area is 184 Å². The molecule has 0 spiro atoms. The predicted molar refractivity (Wildman–Crippen MR) is 124 cm³/mol. The fraction of sp³-hybridized carbons (Fsp3) is 0.333. The maximum Gasteiger partial charge on any atom is 0.191 e. The minimum Gasteiger partial charge on any atom is -0.490 e. The number of ether oxygens (including phenoxy) is 2. The number of rotatable bonds is 10. The summed E-state index contributed by atoms with van der Waals surface area (Å²) in [6.07, 6.45) is 4.73. The molecule has 1 aromatic heterocycles. The minimum atomic E-state index is 0.610. The number of aromatic nitrogens is 2. The smallest absolute Gasteiger partial charge is 0.191 e. The third-order valence-corrected chi connectivity index (χ3v) is 4.65. The van der Waals surface area contributed by atoms with Crippen molar-refractivity contribution in [2.24, 2.45) is 4.99 Å². The summed E-state index contributed by atoms with van der Waals surface area (Å²) in [5, 5.41) is 11.1. The lowest BCUT2D eigenvalue weighted by molar-refractivity contribution is 0.287. The molecule has 0 atom stereocenters. The quantitative estimate of drug-likeness (QED) is 0.387. The van der Waals surface area contributed by atoms with Gasteiger partial charge in [-0.2, -0.15) is 5.10 Å². The van der Waals surface area contributed by atoms with Crippen molar-refractivity contribution in [2.75, 3.05) is 26.8 Å². The molecule has 0 amide bonds. The second-order valence-corrected chi connectivity index (χ2v) is 6.88. The summed E-state index contributed by atoms with van der Waals surface area (Å²) in [7, 11) is 1.77. The molecule has 0 radical (unpaired) electrons. The monoisotopic (exact) mass is 421 g/mol. The second-order valence-electron chi connectivity index (χ2n) is 6.88. The van der Waals surface area contributed by atoms with E-state index >= 15 is 0 Å². The van der Waals surface area contributed by atoms with Crippen molar-refractivity contribution in [3.8, 4) is 17.2 Å². The number of nitrogens with one attached hydrogen (secondary N) is 2. The van der Waals surface area contributed by atoms with Crippen molar-refractivity contribution in [2.45, 2.75) is 26.8 Å². The van der Waals surface area contributed by atoms with Crippen LogP contribution in [0, 0.1) is 0 Å². The number of aliphatic imine (C=N–C) groups is 1. The summed E-state index contributed by atoms with van der Waals surface area (Å²) >= 11 is 0. The van der Waals surface area contributed by atoms with Gasteiger partial charge in [-0.1, -0.05) is 24.3 Å². The lowest BCUT2D eigenvalue weighted by atomic mass is 10.1. The van der Waals surface area contributed by atoms with Crippen LogP contribution in [0.15, 0.2) is 65.9 Å². The van der Waals surface area contributed by atoms with Crippen molar-refractivity contribution in [3.05, 3.63) is 72.1 Å². The van der Waals surface area contributed by atoms with E-state index < -0.39 is 0 Å². The van der Waals surface area contributed by atoms with Gasteiger partial charge < -0.3 is 20.1 Å². The number of benzene rings is 2. The Bertz CT molecular complexity index is 969. The van der Waals surface area contributed by atoms with Gasteiger partial charge in [0.2, 0.25) is 0 Å². The van der Waals surface area contributed by atoms with Crippen LogP contribution in [0.4, 0.5) is 0 Å². The molecule has 0 aliphatic rings. The molecule has 0 saturated heterocycles. The van der Waals surface area contributed by atoms with E-state index in [1.54, 1.807) is 7.05 Å². The molecule has 2 aromatic carbocycles. The molecule has 0 aliphatic carbocycles. The van der Waals surface area contributed by atoms with E-state index in [0.717, 1.165) is 41.7 Å². The maximum atomic E-state index is 5.71. The lowest BCUT2D eigenvalue weighted by Gasteiger charge is -2.14. The first-order chi connectivity index (χ1) is 15.2. The number of hydrogen-bond acceptors (Lipinski definition) is 4. The average Bonchev–Trinajstić information content (AvgIpc) is 3.28. The van der Waals surface area contributed by atoms with E-state index in [1.807, 2.05) is 73.4 Å². The molecule has 0 fully saturated rings. The van der Waals surface area contributed by atoms with Gasteiger partial charge in [-0.05, 0) is 50.1 Å². The fourth-order valence-electron chi connectivity index (χ4n) is 3.16. The van der Waals surface area contributed by atoms with E-state index in [-0.39, 0.29) is 0 Å². The summed E-state index contributed by atoms with van der Waals surface area (Å²) in [4.78, 5) is 4.31. The van der Waals surface area contributed by atoms with Crippen LogP contribution >= 0.6 is 0 Å². The van der Waals surface area contributed by atoms with Crippen LogP contribution in [0.3, 0.4) is 0 Å². The molecule has 0 aliphatic heterocycles. The summed E-state index contributed by atoms with van der Waals surface area (Å²) in [6, 6.07) is 16.2. The lowest BCUT2D eigenvalue weighted by Crippen LogP contribution is -2.37. The average molecular weight is 422 g/mol. The van der Waals surface area contributed by atoms with Crippen LogP contribution in [-0.4, -0.2) is 42.5 Å². The molecule has 2 N–H and O–H groups in total. The molecule has 0 bridgehead atoms. The van der Waals surface area contributed by atoms with E-state index in [9.17, 15) is 0 Å². The molecule has 31 heavy (non-hydrogen) atoms. The Kier molecular flexibility index (Phi) is 8.34. The summed E-state index contributed by atoms with van der Waals surface area (Å²) in [5.41, 5.74) is 3.30. The van der Waals surface area contributed by atoms with E-state index in [1.165, 1.54) is 5.56 Å². The number of nitrogens with zero attached hydrogens (tertiary/aromatic N) is 3. The minimum absolute atomic E-state index is 0.610. The van der Waals surface area contributed by atoms with Gasteiger partial charge >= 0.3 is 0 Å². The van der Waals surface area contributed by atoms with Crippen molar-refractivity contribution in [1.29, 1.82) is 0 Å². The molecule has 0 unspecified atom stereocenters. The van der Waals surface area contributed by atoms with Gasteiger partial charge in [0.1, 0.15) is 0 Å². The van der Waals surface area contributed by atoms with Crippen LogP contribution in [0.2, 0.25) is 0 Å². The fourth-order valence-corrected chi connectivity index (χ4v) is 3.16. The molecule has 0 saturated carbocycles. The van der Waals surface area contributed by atoms with Crippen molar-refractivity contribution in [3.63, 3.8) is 0 Å². The zero-order chi connectivity index (χ0) is 21.9. The maximum absolute atomic E-state index is 5.71. The topological polar surface area (TPSA) is 72.7 Å². The van der Waals surface area contributed by atoms with Gasteiger partial charge in [-0.25, -0.2) is 4.68 Å². The van der Waals surface area contributed by atoms with Crippen LogP contribution in [0.25, 0.3) is 5.69 Å². The molecule has 3 rings (SSSR count). The van der Waals surface area contributed by atoms with Crippen LogP contribution in [0.5, 0.6) is 11.5 Å². The molecule has 1 heterocycles. The van der Waals surface area contributed by atoms with Gasteiger partial charge in [0, 0.05) is 31.9 Å². The first-order valence-corrected chi connectivity index (χ1v) is 10.7. The highest BCUT2D eigenvalue weighted by atomic mass is 16.5. The zero-order valence-corrected chi connectivity index (χ0v) is 18.5. The van der Waals surface area contributed by atoms with Crippen molar-refractivity contribution < 1.29 is 9.47 Å². The third-order valence-electron chi connectivity index (χ3n) is 4.65. The first kappa shape index (κ1) is 22.2.